The van der Waals surface area contributed by atoms with Crippen LogP contribution in [0.1, 0.15) is 32.3 Å². The van der Waals surface area contributed by atoms with Crippen LogP contribution < -0.4 is 10.1 Å². The molecule has 1 saturated heterocycles. The van der Waals surface area contributed by atoms with Crippen LogP contribution in [0, 0.1) is 5.92 Å². The first-order chi connectivity index (χ1) is 13.4. The van der Waals surface area contributed by atoms with Crippen molar-refractivity contribution in [2.24, 2.45) is 5.92 Å². The Morgan fingerprint density at radius 3 is 2.54 bits per heavy atom. The van der Waals surface area contributed by atoms with Crippen LogP contribution >= 0.6 is 24.0 Å². The van der Waals surface area contributed by atoms with Crippen LogP contribution in [-0.2, 0) is 20.9 Å². The van der Waals surface area contributed by atoms with Crippen LogP contribution in [0.2, 0.25) is 0 Å². The van der Waals surface area contributed by atoms with E-state index in [4.69, 9.17) is 21.7 Å². The summed E-state index contributed by atoms with van der Waals surface area (Å²) in [5, 5.41) is 2.76. The summed E-state index contributed by atoms with van der Waals surface area (Å²) in [5.41, 5.74) is 0.935. The summed E-state index contributed by atoms with van der Waals surface area (Å²) in [5.74, 6) is 0.825. The number of esters is 1. The van der Waals surface area contributed by atoms with Crippen LogP contribution in [0.3, 0.4) is 0 Å². The minimum atomic E-state index is -0.851. The SMILES string of the molecule is COc1ccc(CNC(=O)[C@@H](C)OC(=O)CSC(=S)N2CCC(C)CC2)cc1. The number of ether oxygens (including phenoxy) is 2. The molecule has 6 nitrogen and oxygen atoms in total. The van der Waals surface area contributed by atoms with E-state index < -0.39 is 12.1 Å². The molecule has 0 radical (unpaired) electrons. The summed E-state index contributed by atoms with van der Waals surface area (Å²) in [4.78, 5) is 26.3. The Balaban J connectivity index is 1.67. The number of hydrogen-bond acceptors (Lipinski definition) is 6. The van der Waals surface area contributed by atoms with Crippen LogP contribution in [0.25, 0.3) is 0 Å². The molecule has 8 heteroatoms. The standard InChI is InChI=1S/C20H28N2O4S2/c1-14-8-10-22(11-9-14)20(27)28-13-18(23)26-15(2)19(24)21-12-16-4-6-17(25-3)7-5-16/h4-7,14-15H,8-13H2,1-3H3,(H,21,24)/t15-/m1/s1. The molecule has 154 valence electrons. The molecule has 0 aliphatic carbocycles. The average molecular weight is 425 g/mol. The molecule has 1 aliphatic rings. The molecule has 0 bridgehead atoms. The minimum absolute atomic E-state index is 0.112. The summed E-state index contributed by atoms with van der Waals surface area (Å²) in [7, 11) is 1.60. The predicted molar refractivity (Wildman–Crippen MR) is 115 cm³/mol. The fraction of sp³-hybridized carbons (Fsp3) is 0.550. The van der Waals surface area contributed by atoms with Crippen molar-refractivity contribution in [2.75, 3.05) is 26.0 Å². The zero-order chi connectivity index (χ0) is 20.5. The number of carbonyl (C=O) groups excluding carboxylic acids is 2. The van der Waals surface area contributed by atoms with Crippen LogP contribution in [-0.4, -0.2) is 53.2 Å². The Hall–Kier alpha value is -1.80. The van der Waals surface area contributed by atoms with Crippen molar-refractivity contribution in [1.29, 1.82) is 0 Å². The lowest BCUT2D eigenvalue weighted by atomic mass is 10.00. The topological polar surface area (TPSA) is 67.9 Å². The molecule has 1 heterocycles. The van der Waals surface area contributed by atoms with E-state index in [2.05, 4.69) is 17.1 Å². The summed E-state index contributed by atoms with van der Waals surface area (Å²) < 4.78 is 11.0. The monoisotopic (exact) mass is 424 g/mol. The van der Waals surface area contributed by atoms with Gasteiger partial charge in [0.25, 0.3) is 5.91 Å². The Morgan fingerprint density at radius 2 is 1.93 bits per heavy atom. The quantitative estimate of drug-likeness (QED) is 0.533. The van der Waals surface area contributed by atoms with Gasteiger partial charge in [-0.1, -0.05) is 43.0 Å². The number of methoxy groups -OCH3 is 1. The average Bonchev–Trinajstić information content (AvgIpc) is 2.71. The lowest BCUT2D eigenvalue weighted by molar-refractivity contribution is -0.152. The van der Waals surface area contributed by atoms with E-state index in [0.29, 0.717) is 6.54 Å². The molecule has 1 amide bonds. The number of thiocarbonyl (C=S) groups is 1. The van der Waals surface area contributed by atoms with E-state index in [1.54, 1.807) is 14.0 Å². The van der Waals surface area contributed by atoms with E-state index >= 15 is 0 Å². The molecule has 1 aromatic carbocycles. The lowest BCUT2D eigenvalue weighted by Gasteiger charge is -2.31. The third-order valence-electron chi connectivity index (χ3n) is 4.66. The second kappa shape index (κ2) is 11.3. The highest BCUT2D eigenvalue weighted by Gasteiger charge is 2.21. The van der Waals surface area contributed by atoms with Gasteiger partial charge in [0.05, 0.1) is 12.9 Å². The number of rotatable bonds is 7. The fourth-order valence-electron chi connectivity index (χ4n) is 2.76. The van der Waals surface area contributed by atoms with Crippen molar-refractivity contribution >= 4 is 40.2 Å². The highest BCUT2D eigenvalue weighted by molar-refractivity contribution is 8.23. The highest BCUT2D eigenvalue weighted by atomic mass is 32.2. The van der Waals surface area contributed by atoms with Crippen molar-refractivity contribution in [3.8, 4) is 5.75 Å². The van der Waals surface area contributed by atoms with Gasteiger partial charge in [-0.2, -0.15) is 0 Å². The lowest BCUT2D eigenvalue weighted by Crippen LogP contribution is -2.37. The summed E-state index contributed by atoms with van der Waals surface area (Å²) in [6.07, 6.45) is 1.39. The maximum absolute atomic E-state index is 12.1. The van der Waals surface area contributed by atoms with Gasteiger partial charge in [-0.25, -0.2) is 0 Å². The van der Waals surface area contributed by atoms with Crippen molar-refractivity contribution in [3.63, 3.8) is 0 Å². The molecule has 0 aromatic heterocycles. The minimum Gasteiger partial charge on any atom is -0.497 e. The Bertz CT molecular complexity index is 673. The van der Waals surface area contributed by atoms with Gasteiger partial charge in [0.15, 0.2) is 6.10 Å². The predicted octanol–water partition coefficient (Wildman–Crippen LogP) is 2.99. The van der Waals surface area contributed by atoms with E-state index in [1.807, 2.05) is 24.3 Å². The van der Waals surface area contributed by atoms with Gasteiger partial charge in [0.2, 0.25) is 0 Å². The second-order valence-electron chi connectivity index (χ2n) is 6.92. The van der Waals surface area contributed by atoms with Crippen molar-refractivity contribution in [3.05, 3.63) is 29.8 Å². The van der Waals surface area contributed by atoms with Gasteiger partial charge in [-0.15, -0.1) is 0 Å². The number of amides is 1. The number of thioether (sulfide) groups is 1. The second-order valence-corrected chi connectivity index (χ2v) is 8.53. The van der Waals surface area contributed by atoms with Gasteiger partial charge < -0.3 is 19.7 Å². The van der Waals surface area contributed by atoms with E-state index in [9.17, 15) is 9.59 Å². The summed E-state index contributed by atoms with van der Waals surface area (Å²) in [6.45, 7) is 6.04. The third kappa shape index (κ3) is 7.31. The number of nitrogens with zero attached hydrogens (tertiary/aromatic N) is 1. The van der Waals surface area contributed by atoms with E-state index in [0.717, 1.165) is 47.5 Å². The zero-order valence-corrected chi connectivity index (χ0v) is 18.2. The first-order valence-electron chi connectivity index (χ1n) is 9.41. The maximum Gasteiger partial charge on any atom is 0.317 e. The zero-order valence-electron chi connectivity index (χ0n) is 16.6. The van der Waals surface area contributed by atoms with E-state index in [-0.39, 0.29) is 11.7 Å². The van der Waals surface area contributed by atoms with Gasteiger partial charge in [-0.05, 0) is 43.4 Å². The van der Waals surface area contributed by atoms with Gasteiger partial charge in [0.1, 0.15) is 10.1 Å². The molecule has 0 spiro atoms. The molecular formula is C20H28N2O4S2. The third-order valence-corrected chi connectivity index (χ3v) is 6.16. The first kappa shape index (κ1) is 22.5. The number of nitrogens with one attached hydrogen (secondary N) is 1. The fourth-order valence-corrected chi connectivity index (χ4v) is 3.80. The van der Waals surface area contributed by atoms with Gasteiger partial charge in [0, 0.05) is 19.6 Å². The van der Waals surface area contributed by atoms with E-state index in [1.165, 1.54) is 11.8 Å². The Morgan fingerprint density at radius 1 is 1.29 bits per heavy atom. The molecule has 1 fully saturated rings. The molecule has 28 heavy (non-hydrogen) atoms. The molecule has 1 N–H and O–H groups in total. The van der Waals surface area contributed by atoms with Crippen molar-refractivity contribution in [1.82, 2.24) is 10.2 Å². The van der Waals surface area contributed by atoms with Crippen LogP contribution in [0.15, 0.2) is 24.3 Å². The summed E-state index contributed by atoms with van der Waals surface area (Å²) >= 11 is 6.70. The molecule has 1 atom stereocenters. The number of benzene rings is 1. The molecule has 0 saturated carbocycles. The number of piperidine rings is 1. The Kier molecular flexibility index (Phi) is 9.05. The maximum atomic E-state index is 12.1. The highest BCUT2D eigenvalue weighted by Crippen LogP contribution is 2.20. The van der Waals surface area contributed by atoms with Gasteiger partial charge in [-0.3, -0.25) is 9.59 Å². The van der Waals surface area contributed by atoms with Crippen molar-refractivity contribution in [2.45, 2.75) is 39.3 Å². The number of carbonyl (C=O) groups is 2. The Labute approximate surface area is 176 Å². The van der Waals surface area contributed by atoms with Crippen LogP contribution in [0.4, 0.5) is 0 Å². The molecule has 0 unspecified atom stereocenters. The molecule has 1 aromatic rings. The molecule has 2 rings (SSSR count). The molecular weight excluding hydrogens is 396 g/mol. The number of hydrogen-bond donors (Lipinski definition) is 1. The number of likely N-dealkylation sites (tertiary alicyclic amines) is 1. The molecule has 1 aliphatic heterocycles. The largest absolute Gasteiger partial charge is 0.497 e. The van der Waals surface area contributed by atoms with Crippen LogP contribution in [0.5, 0.6) is 5.75 Å². The van der Waals surface area contributed by atoms with Gasteiger partial charge >= 0.3 is 5.97 Å². The first-order valence-corrected chi connectivity index (χ1v) is 10.8. The normalized spacial score (nSPS) is 15.6. The summed E-state index contributed by atoms with van der Waals surface area (Å²) in [6, 6.07) is 7.39. The smallest absolute Gasteiger partial charge is 0.317 e. The van der Waals surface area contributed by atoms with Crippen molar-refractivity contribution < 1.29 is 19.1 Å².